The highest BCUT2D eigenvalue weighted by atomic mass is 19.3. The van der Waals surface area contributed by atoms with Gasteiger partial charge in [0.25, 0.3) is 5.92 Å². The highest BCUT2D eigenvalue weighted by Crippen LogP contribution is 2.31. The summed E-state index contributed by atoms with van der Waals surface area (Å²) in [7, 11) is 0. The third-order valence-corrected chi connectivity index (χ3v) is 2.11. The summed E-state index contributed by atoms with van der Waals surface area (Å²) < 4.78 is 25.5. The van der Waals surface area contributed by atoms with Crippen LogP contribution in [0.3, 0.4) is 0 Å². The number of aliphatic hydroxyl groups excluding tert-OH is 1. The van der Waals surface area contributed by atoms with E-state index in [0.717, 1.165) is 0 Å². The molecule has 0 bridgehead atoms. The zero-order valence-corrected chi connectivity index (χ0v) is 6.84. The van der Waals surface area contributed by atoms with Gasteiger partial charge in [-0.05, 0) is 0 Å². The highest BCUT2D eigenvalue weighted by molar-refractivity contribution is 4.89. The molecule has 3 nitrogen and oxygen atoms in total. The molecular formula is C7H14F2N2O. The van der Waals surface area contributed by atoms with E-state index in [1.165, 1.54) is 0 Å². The van der Waals surface area contributed by atoms with E-state index in [9.17, 15) is 8.78 Å². The van der Waals surface area contributed by atoms with Crippen molar-refractivity contribution in [3.8, 4) is 0 Å². The number of nitrogens with two attached hydrogens (primary N) is 1. The zero-order valence-electron chi connectivity index (χ0n) is 6.84. The second-order valence-electron chi connectivity index (χ2n) is 3.16. The van der Waals surface area contributed by atoms with E-state index in [1.807, 2.05) is 0 Å². The second-order valence-corrected chi connectivity index (χ2v) is 3.16. The van der Waals surface area contributed by atoms with E-state index in [2.05, 4.69) is 0 Å². The Kier molecular flexibility index (Phi) is 2.98. The van der Waals surface area contributed by atoms with Gasteiger partial charge in [0.15, 0.2) is 0 Å². The molecule has 0 amide bonds. The van der Waals surface area contributed by atoms with Crippen molar-refractivity contribution < 1.29 is 13.9 Å². The van der Waals surface area contributed by atoms with Crippen LogP contribution in [-0.2, 0) is 0 Å². The summed E-state index contributed by atoms with van der Waals surface area (Å²) in [6.07, 6.45) is -0.247. The van der Waals surface area contributed by atoms with Crippen LogP contribution in [0.1, 0.15) is 6.42 Å². The topological polar surface area (TPSA) is 49.5 Å². The first-order valence-electron chi connectivity index (χ1n) is 4.02. The molecule has 0 spiro atoms. The van der Waals surface area contributed by atoms with Gasteiger partial charge in [0, 0.05) is 25.6 Å². The van der Waals surface area contributed by atoms with Gasteiger partial charge < -0.3 is 10.8 Å². The molecule has 0 radical (unpaired) electrons. The van der Waals surface area contributed by atoms with Crippen LogP contribution in [-0.4, -0.2) is 48.2 Å². The Hall–Kier alpha value is -0.260. The number of nitrogens with zero attached hydrogens (tertiary/aromatic N) is 1. The smallest absolute Gasteiger partial charge is 0.262 e. The third kappa shape index (κ3) is 2.12. The lowest BCUT2D eigenvalue weighted by Crippen LogP contribution is -2.36. The average Bonchev–Trinajstić information content (AvgIpc) is 2.26. The van der Waals surface area contributed by atoms with E-state index < -0.39 is 12.0 Å². The molecule has 12 heavy (non-hydrogen) atoms. The summed E-state index contributed by atoms with van der Waals surface area (Å²) in [5.41, 5.74) is 5.25. The van der Waals surface area contributed by atoms with E-state index in [-0.39, 0.29) is 19.6 Å². The molecule has 3 N–H and O–H groups in total. The number of hydrogen-bond donors (Lipinski definition) is 2. The van der Waals surface area contributed by atoms with Crippen molar-refractivity contribution in [3.63, 3.8) is 0 Å². The van der Waals surface area contributed by atoms with Gasteiger partial charge in [-0.3, -0.25) is 4.90 Å². The first kappa shape index (κ1) is 9.83. The molecule has 1 saturated heterocycles. The molecule has 1 unspecified atom stereocenters. The number of rotatable bonds is 3. The SMILES string of the molecule is NCCN1CC(F)(F)CC1CO. The average molecular weight is 180 g/mol. The Morgan fingerprint density at radius 1 is 1.58 bits per heavy atom. The van der Waals surface area contributed by atoms with Crippen LogP contribution in [0.25, 0.3) is 0 Å². The van der Waals surface area contributed by atoms with Crippen molar-refractivity contribution in [2.24, 2.45) is 5.73 Å². The van der Waals surface area contributed by atoms with Crippen LogP contribution in [0.15, 0.2) is 0 Å². The summed E-state index contributed by atoms with van der Waals surface area (Å²) in [5, 5.41) is 8.78. The van der Waals surface area contributed by atoms with Gasteiger partial charge in [0.1, 0.15) is 0 Å². The number of alkyl halides is 2. The van der Waals surface area contributed by atoms with E-state index >= 15 is 0 Å². The monoisotopic (exact) mass is 180 g/mol. The van der Waals surface area contributed by atoms with Crippen molar-refractivity contribution >= 4 is 0 Å². The van der Waals surface area contributed by atoms with Gasteiger partial charge in [-0.25, -0.2) is 8.78 Å². The third-order valence-electron chi connectivity index (χ3n) is 2.11. The van der Waals surface area contributed by atoms with Crippen molar-refractivity contribution in [3.05, 3.63) is 0 Å². The predicted molar refractivity (Wildman–Crippen MR) is 41.1 cm³/mol. The fourth-order valence-corrected chi connectivity index (χ4v) is 1.57. The van der Waals surface area contributed by atoms with E-state index in [0.29, 0.717) is 13.1 Å². The maximum atomic E-state index is 12.8. The number of halogens is 2. The van der Waals surface area contributed by atoms with Crippen molar-refractivity contribution in [1.29, 1.82) is 0 Å². The Balaban J connectivity index is 2.50. The standard InChI is InChI=1S/C7H14F2N2O/c8-7(9)3-6(4-12)11(5-7)2-1-10/h6,12H,1-5,10H2. The minimum absolute atomic E-state index is 0.213. The Morgan fingerprint density at radius 3 is 2.75 bits per heavy atom. The van der Waals surface area contributed by atoms with Gasteiger partial charge in [0.2, 0.25) is 0 Å². The summed E-state index contributed by atoms with van der Waals surface area (Å²) in [5.74, 6) is -2.65. The minimum Gasteiger partial charge on any atom is -0.395 e. The molecule has 1 rings (SSSR count). The summed E-state index contributed by atoms with van der Waals surface area (Å²) in [4.78, 5) is 1.54. The molecule has 1 aliphatic rings. The minimum atomic E-state index is -2.65. The number of aliphatic hydroxyl groups is 1. The quantitative estimate of drug-likeness (QED) is 0.624. The van der Waals surface area contributed by atoms with Crippen molar-refractivity contribution in [2.75, 3.05) is 26.2 Å². The molecule has 1 fully saturated rings. The largest absolute Gasteiger partial charge is 0.395 e. The molecule has 1 atom stereocenters. The fraction of sp³-hybridized carbons (Fsp3) is 1.00. The number of likely N-dealkylation sites (tertiary alicyclic amines) is 1. The maximum absolute atomic E-state index is 12.8. The molecule has 0 aromatic carbocycles. The maximum Gasteiger partial charge on any atom is 0.262 e. The lowest BCUT2D eigenvalue weighted by Gasteiger charge is -2.20. The van der Waals surface area contributed by atoms with Crippen LogP contribution in [0.2, 0.25) is 0 Å². The van der Waals surface area contributed by atoms with Gasteiger partial charge in [-0.2, -0.15) is 0 Å². The lowest BCUT2D eigenvalue weighted by atomic mass is 10.2. The van der Waals surface area contributed by atoms with Gasteiger partial charge in [-0.15, -0.1) is 0 Å². The van der Waals surface area contributed by atoms with Crippen LogP contribution < -0.4 is 5.73 Å². The van der Waals surface area contributed by atoms with Gasteiger partial charge >= 0.3 is 0 Å². The Bertz CT molecular complexity index is 154. The molecule has 0 aliphatic carbocycles. The normalized spacial score (nSPS) is 29.5. The molecule has 0 saturated carbocycles. The van der Waals surface area contributed by atoms with Crippen LogP contribution in [0.5, 0.6) is 0 Å². The number of hydrogen-bond acceptors (Lipinski definition) is 3. The first-order chi connectivity index (χ1) is 5.59. The van der Waals surface area contributed by atoms with Gasteiger partial charge in [-0.1, -0.05) is 0 Å². The second kappa shape index (κ2) is 3.64. The first-order valence-corrected chi connectivity index (χ1v) is 4.02. The molecule has 1 aliphatic heterocycles. The van der Waals surface area contributed by atoms with Crippen molar-refractivity contribution in [1.82, 2.24) is 4.90 Å². The fourth-order valence-electron chi connectivity index (χ4n) is 1.57. The van der Waals surface area contributed by atoms with Crippen molar-refractivity contribution in [2.45, 2.75) is 18.4 Å². The Labute approximate surface area is 70.1 Å². The van der Waals surface area contributed by atoms with Gasteiger partial charge in [0.05, 0.1) is 13.2 Å². The van der Waals surface area contributed by atoms with E-state index in [1.54, 1.807) is 4.90 Å². The lowest BCUT2D eigenvalue weighted by molar-refractivity contribution is 0.0120. The summed E-state index contributed by atoms with van der Waals surface area (Å²) >= 11 is 0. The molecule has 5 heteroatoms. The highest BCUT2D eigenvalue weighted by Gasteiger charge is 2.43. The molecule has 72 valence electrons. The summed E-state index contributed by atoms with van der Waals surface area (Å²) in [6.45, 7) is 0.304. The molecular weight excluding hydrogens is 166 g/mol. The van der Waals surface area contributed by atoms with Crippen LogP contribution in [0, 0.1) is 0 Å². The summed E-state index contributed by atoms with van der Waals surface area (Å²) in [6, 6.07) is -0.413. The Morgan fingerprint density at radius 2 is 2.25 bits per heavy atom. The predicted octanol–water partition coefficient (Wildman–Crippen LogP) is -0.353. The molecule has 1 heterocycles. The van der Waals surface area contributed by atoms with Crippen LogP contribution >= 0.6 is 0 Å². The van der Waals surface area contributed by atoms with E-state index in [4.69, 9.17) is 10.8 Å². The molecule has 0 aromatic heterocycles. The zero-order chi connectivity index (χ0) is 9.19. The molecule has 0 aromatic rings. The van der Waals surface area contributed by atoms with Crippen LogP contribution in [0.4, 0.5) is 8.78 Å².